The van der Waals surface area contributed by atoms with Crippen LogP contribution in [0, 0.1) is 11.8 Å². The van der Waals surface area contributed by atoms with Crippen molar-refractivity contribution in [3.05, 3.63) is 60.2 Å². The quantitative estimate of drug-likeness (QED) is 0.611. The summed E-state index contributed by atoms with van der Waals surface area (Å²) in [6, 6.07) is 8.72. The molecule has 0 saturated carbocycles. The minimum Gasteiger partial charge on any atom is -0.313 e. The van der Waals surface area contributed by atoms with E-state index in [9.17, 15) is 0 Å². The number of aromatic nitrogens is 2. The van der Waals surface area contributed by atoms with Gasteiger partial charge in [-0.2, -0.15) is 0 Å². The summed E-state index contributed by atoms with van der Waals surface area (Å²) < 4.78 is 0. The number of rotatable bonds is 11. The molecule has 136 valence electrons. The van der Waals surface area contributed by atoms with Crippen molar-refractivity contribution in [1.82, 2.24) is 20.6 Å². The molecular formula is C21H32N4. The molecule has 0 aliphatic heterocycles. The van der Waals surface area contributed by atoms with E-state index >= 15 is 0 Å². The Kier molecular flexibility index (Phi) is 8.56. The molecule has 4 nitrogen and oxygen atoms in total. The number of nitrogens with zero attached hydrogens (tertiary/aromatic N) is 2. The van der Waals surface area contributed by atoms with Crippen LogP contribution in [0.25, 0.3) is 0 Å². The van der Waals surface area contributed by atoms with Crippen molar-refractivity contribution in [2.24, 2.45) is 11.8 Å². The Balaban J connectivity index is 1.59. The maximum atomic E-state index is 4.17. The molecule has 0 bridgehead atoms. The van der Waals surface area contributed by atoms with Crippen molar-refractivity contribution >= 4 is 0 Å². The third kappa shape index (κ3) is 7.76. The molecule has 0 aromatic carbocycles. The van der Waals surface area contributed by atoms with Crippen molar-refractivity contribution in [2.45, 2.75) is 52.7 Å². The summed E-state index contributed by atoms with van der Waals surface area (Å²) in [5.74, 6) is 1.38. The van der Waals surface area contributed by atoms with Gasteiger partial charge in [-0.3, -0.25) is 9.97 Å². The van der Waals surface area contributed by atoms with E-state index in [1.807, 2.05) is 36.9 Å². The lowest BCUT2D eigenvalue weighted by atomic mass is 9.90. The highest BCUT2D eigenvalue weighted by Crippen LogP contribution is 2.18. The first-order chi connectivity index (χ1) is 12.1. The molecule has 3 unspecified atom stereocenters. The van der Waals surface area contributed by atoms with E-state index in [4.69, 9.17) is 0 Å². The average molecular weight is 341 g/mol. The highest BCUT2D eigenvalue weighted by atomic mass is 14.9. The van der Waals surface area contributed by atoms with Gasteiger partial charge in [0.1, 0.15) is 0 Å². The Morgan fingerprint density at radius 3 is 2.16 bits per heavy atom. The Hall–Kier alpha value is -1.78. The summed E-state index contributed by atoms with van der Waals surface area (Å²) in [5.41, 5.74) is 2.49. The molecule has 2 aromatic heterocycles. The molecule has 0 radical (unpaired) electrons. The zero-order valence-corrected chi connectivity index (χ0v) is 15.8. The molecular weight excluding hydrogens is 308 g/mol. The molecule has 2 N–H and O–H groups in total. The molecule has 0 aliphatic carbocycles. The fourth-order valence-electron chi connectivity index (χ4n) is 3.02. The lowest BCUT2D eigenvalue weighted by molar-refractivity contribution is 0.316. The molecule has 0 saturated heterocycles. The monoisotopic (exact) mass is 340 g/mol. The second-order valence-corrected chi connectivity index (χ2v) is 7.18. The van der Waals surface area contributed by atoms with Gasteiger partial charge in [0.2, 0.25) is 0 Å². The first-order valence-corrected chi connectivity index (χ1v) is 9.37. The van der Waals surface area contributed by atoms with E-state index in [1.165, 1.54) is 24.0 Å². The van der Waals surface area contributed by atoms with Crippen LogP contribution in [0.4, 0.5) is 0 Å². The van der Waals surface area contributed by atoms with Gasteiger partial charge >= 0.3 is 0 Å². The van der Waals surface area contributed by atoms with Crippen LogP contribution in [0.5, 0.6) is 0 Å². The van der Waals surface area contributed by atoms with Gasteiger partial charge in [0.05, 0.1) is 0 Å². The van der Waals surface area contributed by atoms with Crippen LogP contribution in [0.15, 0.2) is 49.1 Å². The number of hydrogen-bond donors (Lipinski definition) is 2. The second kappa shape index (κ2) is 11.0. The molecule has 2 heterocycles. The van der Waals surface area contributed by atoms with E-state index in [1.54, 1.807) is 0 Å². The first-order valence-electron chi connectivity index (χ1n) is 9.37. The highest BCUT2D eigenvalue weighted by Gasteiger charge is 2.15. The highest BCUT2D eigenvalue weighted by molar-refractivity contribution is 5.08. The van der Waals surface area contributed by atoms with E-state index in [0.717, 1.165) is 25.6 Å². The van der Waals surface area contributed by atoms with Crippen LogP contribution in [-0.2, 0) is 13.1 Å². The number of hydrogen-bond acceptors (Lipinski definition) is 4. The Morgan fingerprint density at radius 1 is 0.920 bits per heavy atom. The molecule has 3 atom stereocenters. The minimum atomic E-state index is 0.506. The topological polar surface area (TPSA) is 49.8 Å². The summed E-state index contributed by atoms with van der Waals surface area (Å²) in [4.78, 5) is 8.31. The average Bonchev–Trinajstić information content (AvgIpc) is 2.65. The summed E-state index contributed by atoms with van der Waals surface area (Å²) in [5, 5.41) is 7.15. The molecule has 0 spiro atoms. The van der Waals surface area contributed by atoms with Gasteiger partial charge in [0.15, 0.2) is 0 Å². The Labute approximate surface area is 152 Å². The third-order valence-electron chi connectivity index (χ3n) is 4.84. The second-order valence-electron chi connectivity index (χ2n) is 7.18. The Morgan fingerprint density at radius 2 is 1.56 bits per heavy atom. The van der Waals surface area contributed by atoms with E-state index in [-0.39, 0.29) is 0 Å². The van der Waals surface area contributed by atoms with Gasteiger partial charge < -0.3 is 10.6 Å². The van der Waals surface area contributed by atoms with Crippen molar-refractivity contribution < 1.29 is 0 Å². The van der Waals surface area contributed by atoms with Crippen LogP contribution >= 0.6 is 0 Å². The van der Waals surface area contributed by atoms with E-state index < -0.39 is 0 Å². The molecule has 4 heteroatoms. The smallest absolute Gasteiger partial charge is 0.0312 e. The fourth-order valence-corrected chi connectivity index (χ4v) is 3.02. The molecule has 25 heavy (non-hydrogen) atoms. The molecule has 0 amide bonds. The molecule has 2 aromatic rings. The largest absolute Gasteiger partial charge is 0.313 e. The summed E-state index contributed by atoms with van der Waals surface area (Å²) in [6.07, 6.45) is 9.95. The van der Waals surface area contributed by atoms with Gasteiger partial charge in [-0.15, -0.1) is 0 Å². The SMILES string of the molecule is CC(CCNCc1cccnc1)CC(C)C(C)NCc1cccnc1. The van der Waals surface area contributed by atoms with Crippen molar-refractivity contribution in [3.63, 3.8) is 0 Å². The maximum Gasteiger partial charge on any atom is 0.0312 e. The van der Waals surface area contributed by atoms with Gasteiger partial charge in [-0.1, -0.05) is 26.0 Å². The standard InChI is InChI=1S/C21H32N4/c1-17(8-11-24-14-20-6-4-9-22-13-20)12-18(2)19(3)25-16-21-7-5-10-23-15-21/h4-7,9-10,13,15,17-19,24-25H,8,11-12,14,16H2,1-3H3. The zero-order chi connectivity index (χ0) is 17.9. The van der Waals surface area contributed by atoms with Gasteiger partial charge in [0, 0.05) is 43.9 Å². The predicted molar refractivity (Wildman–Crippen MR) is 104 cm³/mol. The third-order valence-corrected chi connectivity index (χ3v) is 4.84. The summed E-state index contributed by atoms with van der Waals surface area (Å²) >= 11 is 0. The molecule has 0 aliphatic rings. The van der Waals surface area contributed by atoms with Crippen LogP contribution in [-0.4, -0.2) is 22.6 Å². The fraction of sp³-hybridized carbons (Fsp3) is 0.524. The zero-order valence-electron chi connectivity index (χ0n) is 15.8. The lowest BCUT2D eigenvalue weighted by Crippen LogP contribution is -2.32. The van der Waals surface area contributed by atoms with Crippen LogP contribution < -0.4 is 10.6 Å². The number of nitrogens with one attached hydrogen (secondary N) is 2. The minimum absolute atomic E-state index is 0.506. The van der Waals surface area contributed by atoms with Crippen molar-refractivity contribution in [3.8, 4) is 0 Å². The maximum absolute atomic E-state index is 4.17. The molecule has 0 fully saturated rings. The number of pyridine rings is 2. The predicted octanol–water partition coefficient (Wildman–Crippen LogP) is 3.80. The van der Waals surface area contributed by atoms with Gasteiger partial charge in [0.25, 0.3) is 0 Å². The van der Waals surface area contributed by atoms with Gasteiger partial charge in [-0.25, -0.2) is 0 Å². The normalized spacial score (nSPS) is 14.8. The van der Waals surface area contributed by atoms with E-state index in [2.05, 4.69) is 53.5 Å². The van der Waals surface area contributed by atoms with Crippen molar-refractivity contribution in [1.29, 1.82) is 0 Å². The van der Waals surface area contributed by atoms with Crippen LogP contribution in [0.3, 0.4) is 0 Å². The van der Waals surface area contributed by atoms with Crippen LogP contribution in [0.1, 0.15) is 44.7 Å². The lowest BCUT2D eigenvalue weighted by Gasteiger charge is -2.24. The van der Waals surface area contributed by atoms with Gasteiger partial charge in [-0.05, 0) is 61.4 Å². The summed E-state index contributed by atoms with van der Waals surface area (Å²) in [6.45, 7) is 9.84. The van der Waals surface area contributed by atoms with E-state index in [0.29, 0.717) is 12.0 Å². The Bertz CT molecular complexity index is 573. The first kappa shape index (κ1) is 19.5. The summed E-state index contributed by atoms with van der Waals surface area (Å²) in [7, 11) is 0. The molecule has 2 rings (SSSR count). The van der Waals surface area contributed by atoms with Crippen molar-refractivity contribution in [2.75, 3.05) is 6.54 Å². The van der Waals surface area contributed by atoms with Crippen LogP contribution in [0.2, 0.25) is 0 Å².